The maximum absolute atomic E-state index is 13.6. The molecule has 49 heavy (non-hydrogen) atoms. The van der Waals surface area contributed by atoms with Crippen LogP contribution >= 0.6 is 12.4 Å². The van der Waals surface area contributed by atoms with Crippen molar-refractivity contribution in [2.45, 2.75) is 76.8 Å². The van der Waals surface area contributed by atoms with Crippen molar-refractivity contribution in [2.75, 3.05) is 33.3 Å². The Morgan fingerprint density at radius 3 is 2.65 bits per heavy atom. The van der Waals surface area contributed by atoms with Gasteiger partial charge in [-0.1, -0.05) is 31.2 Å². The topological polar surface area (TPSA) is 154 Å². The Morgan fingerprint density at radius 1 is 1.08 bits per heavy atom. The van der Waals surface area contributed by atoms with E-state index in [1.165, 1.54) is 4.90 Å². The molecule has 1 saturated carbocycles. The fourth-order valence-corrected chi connectivity index (χ4v) is 6.41. The molecule has 13 nitrogen and oxygen atoms in total. The summed E-state index contributed by atoms with van der Waals surface area (Å²) in [5.41, 5.74) is 7.55. The van der Waals surface area contributed by atoms with Crippen LogP contribution in [0, 0.1) is 5.92 Å². The number of nitrogens with zero attached hydrogens (tertiary/aromatic N) is 5. The van der Waals surface area contributed by atoms with Crippen LogP contribution in [0.3, 0.4) is 0 Å². The summed E-state index contributed by atoms with van der Waals surface area (Å²) in [5.74, 6) is 0.914. The number of hydrogen-bond donors (Lipinski definition) is 2. The minimum Gasteiger partial charge on any atom is -0.493 e. The number of halogens is 1. The maximum atomic E-state index is 13.6. The molecule has 1 saturated heterocycles. The highest BCUT2D eigenvalue weighted by Gasteiger charge is 2.35. The van der Waals surface area contributed by atoms with Crippen LogP contribution in [-0.2, 0) is 16.1 Å². The molecule has 1 aromatic heterocycles. The van der Waals surface area contributed by atoms with Crippen molar-refractivity contribution in [3.05, 3.63) is 65.5 Å². The SMILES string of the molecule is CC(C)COc1cc2cc(c1)C(=O)N(C)CC(=O)N[C@H]1CCN(C(=O)c3cn(C4CCC(N)CC4)nn3)C[C@@H]1OCc1cccc(c1)O2.Cl. The summed E-state index contributed by atoms with van der Waals surface area (Å²) in [6.45, 7) is 5.30. The molecule has 2 aliphatic heterocycles. The molecule has 2 fully saturated rings. The summed E-state index contributed by atoms with van der Waals surface area (Å²) < 4.78 is 20.3. The van der Waals surface area contributed by atoms with Crippen molar-refractivity contribution in [1.82, 2.24) is 30.1 Å². The summed E-state index contributed by atoms with van der Waals surface area (Å²) in [6.07, 6.45) is 5.35. The van der Waals surface area contributed by atoms with Gasteiger partial charge in [-0.15, -0.1) is 17.5 Å². The van der Waals surface area contributed by atoms with E-state index in [4.69, 9.17) is 19.9 Å². The van der Waals surface area contributed by atoms with Gasteiger partial charge < -0.3 is 35.1 Å². The Bertz CT molecular complexity index is 1630. The van der Waals surface area contributed by atoms with E-state index in [-0.39, 0.29) is 73.6 Å². The van der Waals surface area contributed by atoms with Crippen molar-refractivity contribution >= 4 is 30.1 Å². The van der Waals surface area contributed by atoms with Crippen LogP contribution in [0.15, 0.2) is 48.7 Å². The third-order valence-corrected chi connectivity index (χ3v) is 9.07. The zero-order valence-electron chi connectivity index (χ0n) is 28.2. The lowest BCUT2D eigenvalue weighted by Crippen LogP contribution is -2.57. The zero-order valence-corrected chi connectivity index (χ0v) is 29.1. The quantitative estimate of drug-likeness (QED) is 0.404. The number of ether oxygens (including phenoxy) is 3. The summed E-state index contributed by atoms with van der Waals surface area (Å²) in [4.78, 5) is 43.5. The molecular formula is C35H46ClN7O6. The number of carbonyl (C=O) groups excluding carboxylic acids is 3. The van der Waals surface area contributed by atoms with Gasteiger partial charge in [0.2, 0.25) is 5.91 Å². The number of fused-ring (bicyclic) bond motifs is 5. The van der Waals surface area contributed by atoms with Crippen molar-refractivity contribution in [3.63, 3.8) is 0 Å². The van der Waals surface area contributed by atoms with E-state index in [1.54, 1.807) is 41.0 Å². The van der Waals surface area contributed by atoms with Crippen LogP contribution in [0.5, 0.6) is 17.2 Å². The first-order valence-corrected chi connectivity index (χ1v) is 16.8. The highest BCUT2D eigenvalue weighted by Crippen LogP contribution is 2.30. The van der Waals surface area contributed by atoms with Crippen LogP contribution in [0.25, 0.3) is 0 Å². The Balaban J connectivity index is 0.00000468. The number of amides is 3. The molecule has 4 bridgehead atoms. The highest BCUT2D eigenvalue weighted by molar-refractivity contribution is 5.97. The Labute approximate surface area is 292 Å². The van der Waals surface area contributed by atoms with Crippen molar-refractivity contribution in [3.8, 4) is 17.2 Å². The number of nitrogens with two attached hydrogens (primary N) is 1. The van der Waals surface area contributed by atoms with E-state index in [0.29, 0.717) is 48.3 Å². The standard InChI is InChI=1S/C35H45N7O6.ClH/c1-22(2)20-46-28-14-24-15-29(16-28)48-27-6-4-5-23(13-27)21-47-32-18-41(12-11-30(32)37-33(43)19-40(3)34(24)44)35(45)31-17-42(39-38-31)26-9-7-25(36)8-10-26;/h4-6,13-17,22,25-26,30,32H,7-12,18-21,36H2,1-3H3,(H,37,43);1H/t25?,26?,30-,32-;/m0./s1. The number of carbonyl (C=O) groups is 3. The molecule has 6 rings (SSSR count). The van der Waals surface area contributed by atoms with Gasteiger partial charge in [0.1, 0.15) is 17.2 Å². The molecule has 3 aliphatic rings. The minimum atomic E-state index is -0.506. The fourth-order valence-electron chi connectivity index (χ4n) is 6.41. The molecular weight excluding hydrogens is 650 g/mol. The Morgan fingerprint density at radius 2 is 1.88 bits per heavy atom. The third kappa shape index (κ3) is 9.08. The van der Waals surface area contributed by atoms with Gasteiger partial charge in [-0.05, 0) is 67.9 Å². The van der Waals surface area contributed by atoms with Crippen LogP contribution in [0.2, 0.25) is 0 Å². The lowest BCUT2D eigenvalue weighted by molar-refractivity contribution is -0.124. The number of nitrogens with one attached hydrogen (secondary N) is 1. The number of rotatable bonds is 5. The molecule has 264 valence electrons. The largest absolute Gasteiger partial charge is 0.493 e. The van der Waals surface area contributed by atoms with E-state index >= 15 is 0 Å². The minimum absolute atomic E-state index is 0. The second-order valence-electron chi connectivity index (χ2n) is 13.5. The summed E-state index contributed by atoms with van der Waals surface area (Å²) in [5, 5.41) is 11.5. The van der Waals surface area contributed by atoms with E-state index in [0.717, 1.165) is 31.2 Å². The molecule has 0 radical (unpaired) electrons. The molecule has 3 N–H and O–H groups in total. The van der Waals surface area contributed by atoms with Crippen molar-refractivity contribution < 1.29 is 28.6 Å². The Kier molecular flexibility index (Phi) is 11.8. The lowest BCUT2D eigenvalue weighted by Gasteiger charge is -2.38. The van der Waals surface area contributed by atoms with Gasteiger partial charge in [-0.25, -0.2) is 4.68 Å². The normalized spacial score (nSPS) is 23.2. The van der Waals surface area contributed by atoms with Gasteiger partial charge >= 0.3 is 0 Å². The van der Waals surface area contributed by atoms with E-state index < -0.39 is 6.10 Å². The molecule has 2 aromatic carbocycles. The van der Waals surface area contributed by atoms with Gasteiger partial charge in [0, 0.05) is 37.8 Å². The van der Waals surface area contributed by atoms with E-state index in [2.05, 4.69) is 15.6 Å². The highest BCUT2D eigenvalue weighted by atomic mass is 35.5. The summed E-state index contributed by atoms with van der Waals surface area (Å²) in [6, 6.07) is 12.6. The number of aromatic nitrogens is 3. The predicted octanol–water partition coefficient (Wildman–Crippen LogP) is 3.97. The van der Waals surface area contributed by atoms with Crippen molar-refractivity contribution in [2.24, 2.45) is 11.7 Å². The number of likely N-dealkylation sites (tertiary alicyclic amines) is 1. The van der Waals surface area contributed by atoms with Gasteiger partial charge in [-0.3, -0.25) is 14.4 Å². The first-order valence-electron chi connectivity index (χ1n) is 16.8. The van der Waals surface area contributed by atoms with Gasteiger partial charge in [0.25, 0.3) is 11.8 Å². The molecule has 3 aromatic rings. The number of benzene rings is 2. The molecule has 0 unspecified atom stereocenters. The zero-order chi connectivity index (χ0) is 33.8. The second kappa shape index (κ2) is 16.0. The second-order valence-corrected chi connectivity index (χ2v) is 13.5. The van der Waals surface area contributed by atoms with Crippen LogP contribution in [-0.4, -0.2) is 94.0 Å². The summed E-state index contributed by atoms with van der Waals surface area (Å²) >= 11 is 0. The molecule has 1 aliphatic carbocycles. The monoisotopic (exact) mass is 695 g/mol. The Hall–Kier alpha value is -4.20. The van der Waals surface area contributed by atoms with Crippen molar-refractivity contribution in [1.29, 1.82) is 0 Å². The number of hydrogen-bond acceptors (Lipinski definition) is 9. The van der Waals surface area contributed by atoms with Gasteiger partial charge in [0.15, 0.2) is 5.69 Å². The third-order valence-electron chi connectivity index (χ3n) is 9.07. The van der Waals surface area contributed by atoms with Crippen LogP contribution < -0.4 is 20.5 Å². The average molecular weight is 696 g/mol. The molecule has 3 amide bonds. The van der Waals surface area contributed by atoms with Crippen LogP contribution in [0.4, 0.5) is 0 Å². The van der Waals surface area contributed by atoms with Crippen LogP contribution in [0.1, 0.15) is 78.4 Å². The fraction of sp³-hybridized carbons (Fsp3) is 0.514. The van der Waals surface area contributed by atoms with Gasteiger partial charge in [-0.2, -0.15) is 0 Å². The molecule has 3 heterocycles. The first-order chi connectivity index (χ1) is 23.1. The lowest BCUT2D eigenvalue weighted by atomic mass is 9.92. The maximum Gasteiger partial charge on any atom is 0.276 e. The van der Waals surface area contributed by atoms with E-state index in [1.807, 2.05) is 38.1 Å². The number of likely N-dealkylation sites (N-methyl/N-ethyl adjacent to an activating group) is 1. The molecule has 14 heteroatoms. The molecule has 2 atom stereocenters. The number of piperidine rings is 1. The predicted molar refractivity (Wildman–Crippen MR) is 184 cm³/mol. The smallest absolute Gasteiger partial charge is 0.276 e. The summed E-state index contributed by atoms with van der Waals surface area (Å²) in [7, 11) is 1.58. The van der Waals surface area contributed by atoms with E-state index in [9.17, 15) is 14.4 Å². The van der Waals surface area contributed by atoms with Gasteiger partial charge in [0.05, 0.1) is 44.1 Å². The average Bonchev–Trinajstić information content (AvgIpc) is 3.56. The first kappa shape index (κ1) is 36.1. The molecule has 0 spiro atoms.